The molecule has 1 aliphatic heterocycles. The normalized spacial score (nSPS) is 17.4. The maximum atomic E-state index is 12.4. The van der Waals surface area contributed by atoms with Gasteiger partial charge in [-0.3, -0.25) is 14.8 Å². The number of hydrogen-bond acceptors (Lipinski definition) is 8. The summed E-state index contributed by atoms with van der Waals surface area (Å²) in [5, 5.41) is 17.5. The molecule has 1 aliphatic carbocycles. The molecule has 3 heterocycles. The summed E-state index contributed by atoms with van der Waals surface area (Å²) < 4.78 is 5.66. The van der Waals surface area contributed by atoms with Crippen LogP contribution in [0.3, 0.4) is 0 Å². The third kappa shape index (κ3) is 5.60. The first-order valence-electron chi connectivity index (χ1n) is 12.9. The molecule has 0 spiro atoms. The molecule has 0 bridgehead atoms. The molecule has 2 aliphatic rings. The number of fused-ring (bicyclic) bond motifs is 1. The van der Waals surface area contributed by atoms with Crippen molar-refractivity contribution in [3.63, 3.8) is 0 Å². The van der Waals surface area contributed by atoms with Gasteiger partial charge in [0.2, 0.25) is 0 Å². The molecule has 0 radical (unpaired) electrons. The molecule has 10 nitrogen and oxygen atoms in total. The second-order valence-electron chi connectivity index (χ2n) is 9.86. The monoisotopic (exact) mass is 493 g/mol. The van der Waals surface area contributed by atoms with E-state index in [0.717, 1.165) is 56.6 Å². The first-order valence-corrected chi connectivity index (χ1v) is 12.9. The van der Waals surface area contributed by atoms with Gasteiger partial charge in [-0.1, -0.05) is 37.6 Å². The Kier molecular flexibility index (Phi) is 7.33. The minimum absolute atomic E-state index is 0.0981. The fourth-order valence-electron chi connectivity index (χ4n) is 4.59. The number of carbonyl (C=O) groups is 1. The number of aromatic nitrogens is 4. The van der Waals surface area contributed by atoms with Crippen LogP contribution in [0.1, 0.15) is 49.4 Å². The maximum absolute atomic E-state index is 12.4. The molecule has 1 saturated heterocycles. The molecule has 10 heteroatoms. The highest BCUT2D eigenvalue weighted by molar-refractivity contribution is 5.86. The summed E-state index contributed by atoms with van der Waals surface area (Å²) in [5.74, 6) is 0.419. The summed E-state index contributed by atoms with van der Waals surface area (Å²) in [5.41, 5.74) is 10.6. The van der Waals surface area contributed by atoms with E-state index in [1.165, 1.54) is 5.56 Å². The number of H-pyrrole nitrogens is 1. The summed E-state index contributed by atoms with van der Waals surface area (Å²) >= 11 is 0. The third-order valence-corrected chi connectivity index (χ3v) is 7.03. The number of piperazine rings is 1. The van der Waals surface area contributed by atoms with Crippen LogP contribution in [0.25, 0.3) is 11.0 Å². The Morgan fingerprint density at radius 1 is 1.17 bits per heavy atom. The van der Waals surface area contributed by atoms with E-state index in [4.69, 9.17) is 10.5 Å². The van der Waals surface area contributed by atoms with E-state index in [0.29, 0.717) is 43.0 Å². The molecule has 36 heavy (non-hydrogen) atoms. The van der Waals surface area contributed by atoms with Crippen molar-refractivity contribution >= 4 is 22.8 Å². The zero-order valence-corrected chi connectivity index (χ0v) is 20.8. The van der Waals surface area contributed by atoms with Crippen LogP contribution in [0.5, 0.6) is 6.01 Å². The zero-order chi connectivity index (χ0) is 25.1. The quantitative estimate of drug-likeness (QED) is 0.366. The van der Waals surface area contributed by atoms with Gasteiger partial charge in [0.05, 0.1) is 12.3 Å². The molecule has 1 saturated carbocycles. The molecule has 1 atom stereocenters. The van der Waals surface area contributed by atoms with Crippen molar-refractivity contribution in [1.82, 2.24) is 30.0 Å². The summed E-state index contributed by atoms with van der Waals surface area (Å²) in [6.07, 6.45) is 3.72. The maximum Gasteiger partial charge on any atom is 0.319 e. The minimum atomic E-state index is -0.807. The largest absolute Gasteiger partial charge is 0.463 e. The molecule has 3 aromatic rings. The number of aliphatic hydroxyl groups excluding tert-OH is 1. The number of amides is 1. The Morgan fingerprint density at radius 3 is 2.58 bits per heavy atom. The van der Waals surface area contributed by atoms with Crippen molar-refractivity contribution in [3.05, 3.63) is 41.1 Å². The smallest absolute Gasteiger partial charge is 0.319 e. The van der Waals surface area contributed by atoms with E-state index in [9.17, 15) is 9.90 Å². The van der Waals surface area contributed by atoms with Gasteiger partial charge < -0.3 is 20.5 Å². The first-order chi connectivity index (χ1) is 17.5. The van der Waals surface area contributed by atoms with Gasteiger partial charge in [0.1, 0.15) is 17.1 Å². The molecular weight excluding hydrogens is 458 g/mol. The van der Waals surface area contributed by atoms with Gasteiger partial charge in [-0.15, -0.1) is 0 Å². The number of nitrogens with two attached hydrogens (primary N) is 1. The number of benzene rings is 1. The SMILES string of the molecule is CCCCOc1nc(N)c2[nH]nc(Cc3ccc(CN4CCN(C(=O)C(O)C5CC5)CC4)cc3)c2n1. The van der Waals surface area contributed by atoms with Crippen molar-refractivity contribution < 1.29 is 14.6 Å². The van der Waals surface area contributed by atoms with E-state index in [-0.39, 0.29) is 17.8 Å². The van der Waals surface area contributed by atoms with Crippen LogP contribution in [-0.2, 0) is 17.8 Å². The standard InChI is InChI=1S/C26H35N7O3/c1-2-3-14-36-26-28-21-20(30-31-22(21)24(27)29-26)15-17-4-6-18(7-5-17)16-32-10-12-33(13-11-32)25(35)23(34)19-8-9-19/h4-7,19,23,34H,2-3,8-16H2,1H3,(H,30,31)(H2,27,28,29). The summed E-state index contributed by atoms with van der Waals surface area (Å²) in [6, 6.07) is 8.80. The van der Waals surface area contributed by atoms with E-state index >= 15 is 0 Å². The van der Waals surface area contributed by atoms with Crippen LogP contribution in [0.4, 0.5) is 5.82 Å². The average Bonchev–Trinajstić information content (AvgIpc) is 3.66. The molecule has 1 amide bonds. The fraction of sp³-hybridized carbons (Fsp3) is 0.538. The molecule has 4 N–H and O–H groups in total. The second kappa shape index (κ2) is 10.8. The lowest BCUT2D eigenvalue weighted by Gasteiger charge is -2.35. The number of aliphatic hydroxyl groups is 1. The van der Waals surface area contributed by atoms with Gasteiger partial charge in [0.15, 0.2) is 5.82 Å². The van der Waals surface area contributed by atoms with E-state index in [1.807, 2.05) is 4.90 Å². The highest BCUT2D eigenvalue weighted by Gasteiger charge is 2.37. The van der Waals surface area contributed by atoms with Crippen molar-refractivity contribution in [1.29, 1.82) is 0 Å². The fourth-order valence-corrected chi connectivity index (χ4v) is 4.59. The lowest BCUT2D eigenvalue weighted by Crippen LogP contribution is -2.51. The number of aromatic amines is 1. The van der Waals surface area contributed by atoms with Crippen LogP contribution in [0.2, 0.25) is 0 Å². The number of rotatable bonds is 10. The van der Waals surface area contributed by atoms with Gasteiger partial charge >= 0.3 is 6.01 Å². The number of nitrogen functional groups attached to an aromatic ring is 1. The molecule has 1 aromatic carbocycles. The Hall–Kier alpha value is -3.24. The predicted octanol–water partition coefficient (Wildman–Crippen LogP) is 2.12. The number of unbranched alkanes of at least 4 members (excludes halogenated alkanes) is 1. The Balaban J connectivity index is 1.17. The van der Waals surface area contributed by atoms with Gasteiger partial charge in [-0.05, 0) is 36.3 Å². The summed E-state index contributed by atoms with van der Waals surface area (Å²) in [7, 11) is 0. The zero-order valence-electron chi connectivity index (χ0n) is 20.8. The van der Waals surface area contributed by atoms with Crippen LogP contribution in [-0.4, -0.2) is 79.9 Å². The van der Waals surface area contributed by atoms with Crippen LogP contribution in [0, 0.1) is 5.92 Å². The van der Waals surface area contributed by atoms with E-state index in [1.54, 1.807) is 0 Å². The number of nitrogens with zero attached hydrogens (tertiary/aromatic N) is 5. The number of nitrogens with one attached hydrogen (secondary N) is 1. The Bertz CT molecular complexity index is 1180. The van der Waals surface area contributed by atoms with Crippen molar-refractivity contribution in [2.45, 2.75) is 51.7 Å². The van der Waals surface area contributed by atoms with Crippen LogP contribution >= 0.6 is 0 Å². The molecule has 2 aromatic heterocycles. The van der Waals surface area contributed by atoms with Crippen molar-refractivity contribution in [3.8, 4) is 6.01 Å². The Morgan fingerprint density at radius 2 is 1.89 bits per heavy atom. The van der Waals surface area contributed by atoms with Crippen LogP contribution in [0.15, 0.2) is 24.3 Å². The third-order valence-electron chi connectivity index (χ3n) is 7.03. The van der Waals surface area contributed by atoms with Crippen molar-refractivity contribution in [2.75, 3.05) is 38.5 Å². The molecule has 5 rings (SSSR count). The first kappa shape index (κ1) is 24.5. The van der Waals surface area contributed by atoms with Gasteiger partial charge in [-0.25, -0.2) is 0 Å². The van der Waals surface area contributed by atoms with Gasteiger partial charge in [0, 0.05) is 39.1 Å². The lowest BCUT2D eigenvalue weighted by atomic mass is 10.1. The van der Waals surface area contributed by atoms with Crippen molar-refractivity contribution in [2.24, 2.45) is 5.92 Å². The van der Waals surface area contributed by atoms with E-state index < -0.39 is 6.10 Å². The molecule has 1 unspecified atom stereocenters. The lowest BCUT2D eigenvalue weighted by molar-refractivity contribution is -0.143. The van der Waals surface area contributed by atoms with E-state index in [2.05, 4.69) is 56.3 Å². The molecule has 2 fully saturated rings. The summed E-state index contributed by atoms with van der Waals surface area (Å²) in [6.45, 7) is 6.46. The van der Waals surface area contributed by atoms with Gasteiger partial charge in [0.25, 0.3) is 5.91 Å². The Labute approximate surface area is 210 Å². The second-order valence-corrected chi connectivity index (χ2v) is 9.86. The number of ether oxygens (including phenoxy) is 1. The van der Waals surface area contributed by atoms with Crippen LogP contribution < -0.4 is 10.5 Å². The average molecular weight is 494 g/mol. The predicted molar refractivity (Wildman–Crippen MR) is 136 cm³/mol. The highest BCUT2D eigenvalue weighted by atomic mass is 16.5. The number of anilines is 1. The van der Waals surface area contributed by atoms with Gasteiger partial charge in [-0.2, -0.15) is 15.1 Å². The highest BCUT2D eigenvalue weighted by Crippen LogP contribution is 2.33. The minimum Gasteiger partial charge on any atom is -0.463 e. The summed E-state index contributed by atoms with van der Waals surface area (Å²) in [4.78, 5) is 25.4. The number of carbonyl (C=O) groups excluding carboxylic acids is 1. The topological polar surface area (TPSA) is 133 Å². The molecule has 192 valence electrons. The number of hydrogen-bond donors (Lipinski definition) is 3. The molecular formula is C26H35N7O3.